The quantitative estimate of drug-likeness (QED) is 0.793. The molecule has 0 radical (unpaired) electrons. The number of carbonyl (C=O) groups is 1. The van der Waals surface area contributed by atoms with Gasteiger partial charge in [-0.15, -0.1) is 11.3 Å². The molecule has 1 fully saturated rings. The molecule has 1 saturated heterocycles. The summed E-state index contributed by atoms with van der Waals surface area (Å²) < 4.78 is 5.97. The van der Waals surface area contributed by atoms with Crippen LogP contribution in [0.2, 0.25) is 0 Å². The van der Waals surface area contributed by atoms with Crippen LogP contribution in [0.3, 0.4) is 0 Å². The SMILES string of the molecule is Cc1ccsc1C=C1Oc2c(ccc(O)c2CN2CCCC[C@H]2C)C1=O. The number of Topliss-reactive ketones (excluding diaryl/α,β-unsaturated/α-hetero) is 1. The molecule has 1 aromatic carbocycles. The minimum atomic E-state index is -0.110. The van der Waals surface area contributed by atoms with Crippen molar-refractivity contribution in [2.45, 2.75) is 45.7 Å². The normalized spacial score (nSPS) is 21.8. The van der Waals surface area contributed by atoms with Crippen LogP contribution in [0.4, 0.5) is 0 Å². The lowest BCUT2D eigenvalue weighted by molar-refractivity contribution is 0.101. The van der Waals surface area contributed by atoms with E-state index in [1.54, 1.807) is 23.5 Å². The van der Waals surface area contributed by atoms with Crippen LogP contribution in [0.15, 0.2) is 29.3 Å². The molecule has 0 bridgehead atoms. The second-order valence-corrected chi connectivity index (χ2v) is 8.11. The zero-order valence-electron chi connectivity index (χ0n) is 15.1. The lowest BCUT2D eigenvalue weighted by atomic mass is 10.0. The number of rotatable bonds is 3. The minimum absolute atomic E-state index is 0.110. The van der Waals surface area contributed by atoms with Crippen molar-refractivity contribution in [1.82, 2.24) is 4.90 Å². The Morgan fingerprint density at radius 1 is 1.35 bits per heavy atom. The molecule has 0 saturated carbocycles. The Morgan fingerprint density at radius 3 is 2.92 bits per heavy atom. The van der Waals surface area contributed by atoms with E-state index in [0.29, 0.717) is 29.7 Å². The van der Waals surface area contributed by atoms with Crippen LogP contribution in [0, 0.1) is 6.92 Å². The van der Waals surface area contributed by atoms with E-state index >= 15 is 0 Å². The standard InChI is InChI=1S/C21H23NO3S/c1-13-8-10-26-19(13)11-18-20(24)15-6-7-17(23)16(21(15)25-18)12-22-9-4-3-5-14(22)2/h6-8,10-11,14,23H,3-5,9,12H2,1-2H3/t14-/m1/s1. The van der Waals surface area contributed by atoms with Crippen LogP contribution in [0.5, 0.6) is 11.5 Å². The summed E-state index contributed by atoms with van der Waals surface area (Å²) in [7, 11) is 0. The number of likely N-dealkylation sites (tertiary alicyclic amines) is 1. The number of ketones is 1. The summed E-state index contributed by atoms with van der Waals surface area (Å²) in [6.45, 7) is 5.85. The van der Waals surface area contributed by atoms with Crippen molar-refractivity contribution in [1.29, 1.82) is 0 Å². The zero-order chi connectivity index (χ0) is 18.3. The summed E-state index contributed by atoms with van der Waals surface area (Å²) in [5.74, 6) is 0.945. The number of piperidine rings is 1. The molecule has 1 N–H and O–H groups in total. The molecule has 4 nitrogen and oxygen atoms in total. The molecule has 5 heteroatoms. The highest BCUT2D eigenvalue weighted by Gasteiger charge is 2.32. The number of benzene rings is 1. The molecule has 1 aromatic heterocycles. The number of hydrogen-bond donors (Lipinski definition) is 1. The number of phenols is 1. The van der Waals surface area contributed by atoms with Crippen molar-refractivity contribution in [3.63, 3.8) is 0 Å². The van der Waals surface area contributed by atoms with Gasteiger partial charge in [0.2, 0.25) is 5.78 Å². The van der Waals surface area contributed by atoms with E-state index in [1.165, 1.54) is 19.3 Å². The first-order valence-electron chi connectivity index (χ1n) is 9.12. The smallest absolute Gasteiger partial charge is 0.232 e. The largest absolute Gasteiger partial charge is 0.507 e. The van der Waals surface area contributed by atoms with Gasteiger partial charge in [0, 0.05) is 23.5 Å². The average Bonchev–Trinajstić information content (AvgIpc) is 3.16. The number of nitrogens with zero attached hydrogens (tertiary/aromatic N) is 1. The lowest BCUT2D eigenvalue weighted by Gasteiger charge is -2.33. The van der Waals surface area contributed by atoms with Gasteiger partial charge in [-0.25, -0.2) is 0 Å². The molecular weight excluding hydrogens is 346 g/mol. The third-order valence-electron chi connectivity index (χ3n) is 5.38. The van der Waals surface area contributed by atoms with Crippen LogP contribution in [0.25, 0.3) is 6.08 Å². The first-order chi connectivity index (χ1) is 12.5. The Balaban J connectivity index is 1.67. The van der Waals surface area contributed by atoms with Crippen molar-refractivity contribution in [2.24, 2.45) is 0 Å². The van der Waals surface area contributed by atoms with Crippen molar-refractivity contribution in [3.05, 3.63) is 50.9 Å². The molecule has 0 aliphatic carbocycles. The maximum absolute atomic E-state index is 12.8. The highest BCUT2D eigenvalue weighted by molar-refractivity contribution is 7.11. The number of aryl methyl sites for hydroxylation is 1. The highest BCUT2D eigenvalue weighted by atomic mass is 32.1. The van der Waals surface area contributed by atoms with Crippen molar-refractivity contribution >= 4 is 23.2 Å². The van der Waals surface area contributed by atoms with Crippen molar-refractivity contribution in [2.75, 3.05) is 6.54 Å². The second kappa shape index (κ2) is 6.89. The summed E-state index contributed by atoms with van der Waals surface area (Å²) in [6, 6.07) is 5.78. The van der Waals surface area contributed by atoms with Crippen LogP contribution < -0.4 is 4.74 Å². The van der Waals surface area contributed by atoms with Gasteiger partial charge in [0.25, 0.3) is 0 Å². The molecule has 26 heavy (non-hydrogen) atoms. The molecular formula is C21H23NO3S. The van der Waals surface area contributed by atoms with Gasteiger partial charge >= 0.3 is 0 Å². The lowest BCUT2D eigenvalue weighted by Crippen LogP contribution is -2.36. The highest BCUT2D eigenvalue weighted by Crippen LogP contribution is 2.41. The van der Waals surface area contributed by atoms with Gasteiger partial charge in [0.15, 0.2) is 5.76 Å². The number of thiophene rings is 1. The van der Waals surface area contributed by atoms with E-state index in [1.807, 2.05) is 24.4 Å². The van der Waals surface area contributed by atoms with Crippen molar-refractivity contribution in [3.8, 4) is 11.5 Å². The summed E-state index contributed by atoms with van der Waals surface area (Å²) in [5.41, 5.74) is 2.39. The molecule has 0 amide bonds. The summed E-state index contributed by atoms with van der Waals surface area (Å²) in [4.78, 5) is 16.2. The fourth-order valence-corrected chi connectivity index (χ4v) is 4.54. The predicted molar refractivity (Wildman–Crippen MR) is 104 cm³/mol. The van der Waals surface area contributed by atoms with Gasteiger partial charge in [0.05, 0.1) is 11.1 Å². The fraction of sp³-hybridized carbons (Fsp3) is 0.381. The van der Waals surface area contributed by atoms with Crippen LogP contribution in [-0.4, -0.2) is 28.4 Å². The molecule has 136 valence electrons. The van der Waals surface area contributed by atoms with Crippen LogP contribution in [-0.2, 0) is 6.54 Å². The van der Waals surface area contributed by atoms with Gasteiger partial charge in [-0.2, -0.15) is 0 Å². The molecule has 2 aliphatic rings. The number of ether oxygens (including phenoxy) is 1. The maximum Gasteiger partial charge on any atom is 0.232 e. The maximum atomic E-state index is 12.8. The summed E-state index contributed by atoms with van der Waals surface area (Å²) >= 11 is 1.59. The Bertz CT molecular complexity index is 883. The third kappa shape index (κ3) is 3.06. The van der Waals surface area contributed by atoms with Gasteiger partial charge in [-0.3, -0.25) is 9.69 Å². The molecule has 2 aromatic rings. The predicted octanol–water partition coefficient (Wildman–Crippen LogP) is 4.75. The third-order valence-corrected chi connectivity index (χ3v) is 6.35. The summed E-state index contributed by atoms with van der Waals surface area (Å²) in [6.07, 6.45) is 5.40. The second-order valence-electron chi connectivity index (χ2n) is 7.16. The first kappa shape index (κ1) is 17.3. The monoisotopic (exact) mass is 369 g/mol. The van der Waals surface area contributed by atoms with E-state index in [0.717, 1.165) is 22.5 Å². The van der Waals surface area contributed by atoms with Crippen LogP contribution >= 0.6 is 11.3 Å². The van der Waals surface area contributed by atoms with E-state index < -0.39 is 0 Å². The van der Waals surface area contributed by atoms with E-state index in [-0.39, 0.29) is 11.5 Å². The number of carbonyl (C=O) groups excluding carboxylic acids is 1. The number of fused-ring (bicyclic) bond motifs is 1. The fourth-order valence-electron chi connectivity index (χ4n) is 3.70. The Hall–Kier alpha value is -2.11. The van der Waals surface area contributed by atoms with Gasteiger partial charge in [-0.05, 0) is 62.4 Å². The number of hydrogen-bond acceptors (Lipinski definition) is 5. The van der Waals surface area contributed by atoms with Crippen molar-refractivity contribution < 1.29 is 14.6 Å². The number of aromatic hydroxyl groups is 1. The van der Waals surface area contributed by atoms with Gasteiger partial charge < -0.3 is 9.84 Å². The molecule has 1 atom stereocenters. The Morgan fingerprint density at radius 2 is 2.19 bits per heavy atom. The van der Waals surface area contributed by atoms with Gasteiger partial charge in [0.1, 0.15) is 11.5 Å². The molecule has 0 spiro atoms. The topological polar surface area (TPSA) is 49.8 Å². The number of phenolic OH excluding ortho intramolecular Hbond substituents is 1. The van der Waals surface area contributed by atoms with Crippen LogP contribution in [0.1, 0.15) is 52.5 Å². The summed E-state index contributed by atoms with van der Waals surface area (Å²) in [5, 5.41) is 12.4. The minimum Gasteiger partial charge on any atom is -0.507 e. The molecule has 3 heterocycles. The number of allylic oxidation sites excluding steroid dienone is 1. The van der Waals surface area contributed by atoms with E-state index in [9.17, 15) is 9.90 Å². The Kier molecular flexibility index (Phi) is 4.59. The molecule has 4 rings (SSSR count). The molecule has 0 unspecified atom stereocenters. The average molecular weight is 369 g/mol. The van der Waals surface area contributed by atoms with E-state index in [4.69, 9.17) is 4.74 Å². The van der Waals surface area contributed by atoms with Gasteiger partial charge in [-0.1, -0.05) is 6.42 Å². The molecule has 2 aliphatic heterocycles. The first-order valence-corrected chi connectivity index (χ1v) is 10.00. The zero-order valence-corrected chi connectivity index (χ0v) is 15.9. The Labute approximate surface area is 157 Å². The van der Waals surface area contributed by atoms with E-state index in [2.05, 4.69) is 11.8 Å².